The zero-order valence-corrected chi connectivity index (χ0v) is 17.3. The molecule has 0 atom stereocenters. The fourth-order valence-electron chi connectivity index (χ4n) is 2.88. The van der Waals surface area contributed by atoms with Gasteiger partial charge in [-0.05, 0) is 42.0 Å². The van der Waals surface area contributed by atoms with Crippen LogP contribution in [0.4, 0.5) is 0 Å². The van der Waals surface area contributed by atoms with Crippen molar-refractivity contribution in [2.75, 3.05) is 0 Å². The van der Waals surface area contributed by atoms with E-state index in [1.165, 1.54) is 0 Å². The predicted octanol–water partition coefficient (Wildman–Crippen LogP) is 5.21. The predicted molar refractivity (Wildman–Crippen MR) is 117 cm³/mol. The van der Waals surface area contributed by atoms with Crippen molar-refractivity contribution in [1.29, 1.82) is 0 Å². The maximum Gasteiger partial charge on any atom is 0.363 e. The van der Waals surface area contributed by atoms with Gasteiger partial charge in [0.15, 0.2) is 5.70 Å². The molecule has 1 aliphatic rings. The van der Waals surface area contributed by atoms with Crippen LogP contribution in [0.1, 0.15) is 21.5 Å². The van der Waals surface area contributed by atoms with Crippen molar-refractivity contribution < 1.29 is 19.1 Å². The molecule has 0 N–H and O–H groups in total. The number of aliphatic imine (C=N–C) groups is 1. The average Bonchev–Trinajstić information content (AvgIpc) is 3.09. The van der Waals surface area contributed by atoms with Crippen molar-refractivity contribution >= 4 is 39.8 Å². The summed E-state index contributed by atoms with van der Waals surface area (Å²) < 4.78 is 11.7. The van der Waals surface area contributed by atoms with Gasteiger partial charge >= 0.3 is 11.9 Å². The van der Waals surface area contributed by atoms with Crippen LogP contribution in [0.5, 0.6) is 5.75 Å². The Kier molecular flexibility index (Phi) is 5.86. The summed E-state index contributed by atoms with van der Waals surface area (Å²) in [6.45, 7) is 0. The third kappa shape index (κ3) is 4.72. The van der Waals surface area contributed by atoms with Crippen LogP contribution in [0, 0.1) is 0 Å². The van der Waals surface area contributed by atoms with E-state index >= 15 is 0 Å². The number of benzene rings is 3. The monoisotopic (exact) mass is 461 g/mol. The van der Waals surface area contributed by atoms with Crippen molar-refractivity contribution in [3.05, 3.63) is 106 Å². The Balaban J connectivity index is 1.55. The number of esters is 2. The van der Waals surface area contributed by atoms with E-state index in [0.717, 1.165) is 10.0 Å². The summed E-state index contributed by atoms with van der Waals surface area (Å²) in [4.78, 5) is 29.0. The van der Waals surface area contributed by atoms with Crippen LogP contribution in [-0.2, 0) is 16.0 Å². The molecule has 0 radical (unpaired) electrons. The summed E-state index contributed by atoms with van der Waals surface area (Å²) in [5.74, 6) is -0.357. The summed E-state index contributed by atoms with van der Waals surface area (Å²) in [5, 5.41) is 0. The summed E-state index contributed by atoms with van der Waals surface area (Å²) in [5.41, 5.74) is 2.13. The first-order valence-electron chi connectivity index (χ1n) is 9.20. The molecular formula is C24H16BrNO4. The number of rotatable bonds is 5. The SMILES string of the molecule is O=C1OC(Cc2ccccc2)=N/C1=C/c1ccccc1OC(=O)c1ccc(Br)cc1. The first kappa shape index (κ1) is 19.8. The van der Waals surface area contributed by atoms with Crippen LogP contribution in [0.15, 0.2) is 94.0 Å². The van der Waals surface area contributed by atoms with Crippen LogP contribution >= 0.6 is 15.9 Å². The topological polar surface area (TPSA) is 65.0 Å². The Morgan fingerprint density at radius 1 is 0.967 bits per heavy atom. The van der Waals surface area contributed by atoms with Crippen molar-refractivity contribution in [1.82, 2.24) is 0 Å². The number of nitrogens with zero attached hydrogens (tertiary/aromatic N) is 1. The highest BCUT2D eigenvalue weighted by molar-refractivity contribution is 9.10. The molecular weight excluding hydrogens is 446 g/mol. The highest BCUT2D eigenvalue weighted by Crippen LogP contribution is 2.25. The maximum absolute atomic E-state index is 12.5. The van der Waals surface area contributed by atoms with Gasteiger partial charge < -0.3 is 9.47 Å². The molecule has 4 rings (SSSR count). The van der Waals surface area contributed by atoms with E-state index in [2.05, 4.69) is 20.9 Å². The molecule has 0 saturated carbocycles. The van der Waals surface area contributed by atoms with Gasteiger partial charge in [-0.1, -0.05) is 64.5 Å². The average molecular weight is 462 g/mol. The Bertz CT molecular complexity index is 1150. The summed E-state index contributed by atoms with van der Waals surface area (Å²) in [6, 6.07) is 23.5. The van der Waals surface area contributed by atoms with Crippen LogP contribution in [0.3, 0.4) is 0 Å². The number of ether oxygens (including phenoxy) is 2. The van der Waals surface area contributed by atoms with Gasteiger partial charge in [-0.3, -0.25) is 0 Å². The molecule has 0 spiro atoms. The third-order valence-electron chi connectivity index (χ3n) is 4.36. The van der Waals surface area contributed by atoms with Crippen LogP contribution < -0.4 is 4.74 Å². The second kappa shape index (κ2) is 8.88. The third-order valence-corrected chi connectivity index (χ3v) is 4.89. The van der Waals surface area contributed by atoms with Gasteiger partial charge in [0.25, 0.3) is 0 Å². The minimum atomic E-state index is -0.532. The van der Waals surface area contributed by atoms with E-state index in [4.69, 9.17) is 9.47 Å². The highest BCUT2D eigenvalue weighted by atomic mass is 79.9. The Labute approximate surface area is 181 Å². The molecule has 0 saturated heterocycles. The first-order valence-corrected chi connectivity index (χ1v) is 10.00. The molecule has 0 fully saturated rings. The smallest absolute Gasteiger partial charge is 0.363 e. The van der Waals surface area contributed by atoms with Crippen molar-refractivity contribution in [3.63, 3.8) is 0 Å². The maximum atomic E-state index is 12.5. The zero-order valence-electron chi connectivity index (χ0n) is 15.7. The van der Waals surface area contributed by atoms with Gasteiger partial charge in [-0.2, -0.15) is 0 Å². The number of hydrogen-bond donors (Lipinski definition) is 0. The molecule has 3 aromatic carbocycles. The summed E-state index contributed by atoms with van der Waals surface area (Å²) in [7, 11) is 0. The number of halogens is 1. The molecule has 30 heavy (non-hydrogen) atoms. The van der Waals surface area contributed by atoms with Crippen LogP contribution in [-0.4, -0.2) is 17.8 Å². The van der Waals surface area contributed by atoms with Gasteiger partial charge in [0.05, 0.1) is 5.56 Å². The molecule has 0 bridgehead atoms. The molecule has 1 aliphatic heterocycles. The van der Waals surface area contributed by atoms with E-state index in [-0.39, 0.29) is 5.70 Å². The first-order chi connectivity index (χ1) is 14.6. The minimum absolute atomic E-state index is 0.160. The molecule has 0 unspecified atom stereocenters. The van der Waals surface area contributed by atoms with Gasteiger partial charge in [-0.15, -0.1) is 0 Å². The number of hydrogen-bond acceptors (Lipinski definition) is 5. The fourth-order valence-corrected chi connectivity index (χ4v) is 3.15. The van der Waals surface area contributed by atoms with E-state index in [9.17, 15) is 9.59 Å². The standard InChI is InChI=1S/C24H16BrNO4/c25-19-12-10-17(11-13-19)23(27)29-21-9-5-4-8-18(21)15-20-24(28)30-22(26-20)14-16-6-2-1-3-7-16/h1-13,15H,14H2/b20-15+. The summed E-state index contributed by atoms with van der Waals surface area (Å²) >= 11 is 3.34. The molecule has 6 heteroatoms. The molecule has 0 aromatic heterocycles. The van der Waals surface area contributed by atoms with Gasteiger partial charge in [-0.25, -0.2) is 14.6 Å². The normalized spacial score (nSPS) is 14.4. The van der Waals surface area contributed by atoms with Crippen molar-refractivity contribution in [2.24, 2.45) is 4.99 Å². The molecule has 0 amide bonds. The second-order valence-electron chi connectivity index (χ2n) is 6.52. The Morgan fingerprint density at radius 2 is 1.67 bits per heavy atom. The van der Waals surface area contributed by atoms with Crippen molar-refractivity contribution in [3.8, 4) is 5.75 Å². The fraction of sp³-hybridized carbons (Fsp3) is 0.0417. The lowest BCUT2D eigenvalue weighted by Gasteiger charge is -2.07. The number of cyclic esters (lactones) is 1. The highest BCUT2D eigenvalue weighted by Gasteiger charge is 2.23. The van der Waals surface area contributed by atoms with Gasteiger partial charge in [0.1, 0.15) is 5.75 Å². The van der Waals surface area contributed by atoms with E-state index in [1.54, 1.807) is 54.6 Å². The van der Waals surface area contributed by atoms with Gasteiger partial charge in [0, 0.05) is 16.5 Å². The molecule has 148 valence electrons. The lowest BCUT2D eigenvalue weighted by Crippen LogP contribution is -2.09. The van der Waals surface area contributed by atoms with Crippen LogP contribution in [0.2, 0.25) is 0 Å². The van der Waals surface area contributed by atoms with Gasteiger partial charge in [0.2, 0.25) is 5.90 Å². The lowest BCUT2D eigenvalue weighted by molar-refractivity contribution is -0.130. The zero-order chi connectivity index (χ0) is 20.9. The minimum Gasteiger partial charge on any atom is -0.422 e. The quantitative estimate of drug-likeness (QED) is 0.297. The van der Waals surface area contributed by atoms with E-state index in [0.29, 0.717) is 29.2 Å². The largest absolute Gasteiger partial charge is 0.422 e. The molecule has 1 heterocycles. The Hall–Kier alpha value is -3.51. The number of para-hydroxylation sites is 1. The molecule has 0 aliphatic carbocycles. The molecule has 3 aromatic rings. The number of carbonyl (C=O) groups is 2. The van der Waals surface area contributed by atoms with Crippen molar-refractivity contribution in [2.45, 2.75) is 6.42 Å². The molecule has 5 nitrogen and oxygen atoms in total. The van der Waals surface area contributed by atoms with Crippen LogP contribution in [0.25, 0.3) is 6.08 Å². The second-order valence-corrected chi connectivity index (χ2v) is 7.44. The number of carbonyl (C=O) groups excluding carboxylic acids is 2. The Morgan fingerprint density at radius 3 is 2.43 bits per heavy atom. The van der Waals surface area contributed by atoms with E-state index in [1.807, 2.05) is 30.3 Å². The van der Waals surface area contributed by atoms with E-state index < -0.39 is 11.9 Å². The summed E-state index contributed by atoms with van der Waals surface area (Å²) in [6.07, 6.45) is 1.98. The lowest BCUT2D eigenvalue weighted by atomic mass is 10.1.